The van der Waals surface area contributed by atoms with Crippen LogP contribution in [0.25, 0.3) is 0 Å². The molecular weight excluding hydrogens is 543 g/mol. The van der Waals surface area contributed by atoms with Crippen molar-refractivity contribution in [2.75, 3.05) is 0 Å². The van der Waals surface area contributed by atoms with Crippen LogP contribution in [0.5, 0.6) is 0 Å². The van der Waals surface area contributed by atoms with Crippen LogP contribution in [-0.2, 0) is 30.6 Å². The fraction of sp³-hybridized carbons (Fsp3) is 0.364. The van der Waals surface area contributed by atoms with E-state index in [0.717, 1.165) is 59.9 Å². The average Bonchev–Trinajstić information content (AvgIpc) is 3.26. The first-order valence-electron chi connectivity index (χ1n) is 14.2. The number of carbonyl (C=O) groups is 3. The number of benzene rings is 3. The van der Waals surface area contributed by atoms with E-state index in [2.05, 4.69) is 5.32 Å². The van der Waals surface area contributed by atoms with Gasteiger partial charge in [0, 0.05) is 12.5 Å². The highest BCUT2D eigenvalue weighted by Gasteiger charge is 2.73. The number of imide groups is 1. The van der Waals surface area contributed by atoms with Crippen LogP contribution >= 0.6 is 23.2 Å². The molecule has 0 unspecified atom stereocenters. The number of alkyl halides is 2. The molecule has 40 heavy (non-hydrogen) atoms. The smallest absolute Gasteiger partial charge is 0.243 e. The molecule has 5 nitrogen and oxygen atoms in total. The van der Waals surface area contributed by atoms with Crippen molar-refractivity contribution in [2.45, 2.75) is 60.4 Å². The molecule has 204 valence electrons. The fourth-order valence-corrected chi connectivity index (χ4v) is 8.78. The second-order valence-electron chi connectivity index (χ2n) is 11.6. The third-order valence-electron chi connectivity index (χ3n) is 9.46. The SMILES string of the molecule is O=C(NC1CCCCC1)[C@H](Cc1ccccc1)N1C(=O)[C@@H]2[C@@H](C1=O)C1(Cl)c3ccccc3C2(Cl)c2ccccc21. The minimum Gasteiger partial charge on any atom is -0.352 e. The van der Waals surface area contributed by atoms with Gasteiger partial charge in [-0.15, -0.1) is 23.2 Å². The second kappa shape index (κ2) is 9.46. The Bertz CT molecular complexity index is 1400. The highest BCUT2D eigenvalue weighted by molar-refractivity contribution is 6.36. The Kier molecular flexibility index (Phi) is 6.10. The molecule has 7 heteroatoms. The van der Waals surface area contributed by atoms with E-state index in [9.17, 15) is 14.4 Å². The molecule has 1 saturated carbocycles. The maximum atomic E-state index is 14.5. The number of hydrogen-bond donors (Lipinski definition) is 1. The van der Waals surface area contributed by atoms with Gasteiger partial charge in [0.05, 0.1) is 11.8 Å². The number of rotatable bonds is 5. The molecule has 3 atom stereocenters. The summed E-state index contributed by atoms with van der Waals surface area (Å²) in [6.07, 6.45) is 5.29. The Morgan fingerprint density at radius 1 is 0.750 bits per heavy atom. The van der Waals surface area contributed by atoms with E-state index in [4.69, 9.17) is 23.2 Å². The molecule has 0 aromatic heterocycles. The van der Waals surface area contributed by atoms with Crippen molar-refractivity contribution < 1.29 is 14.4 Å². The maximum absolute atomic E-state index is 14.5. The molecule has 1 aliphatic heterocycles. The van der Waals surface area contributed by atoms with Crippen molar-refractivity contribution in [1.29, 1.82) is 0 Å². The van der Waals surface area contributed by atoms with Crippen LogP contribution in [0.4, 0.5) is 0 Å². The van der Waals surface area contributed by atoms with Crippen LogP contribution in [0, 0.1) is 11.8 Å². The van der Waals surface area contributed by atoms with E-state index in [-0.39, 0.29) is 18.4 Å². The summed E-state index contributed by atoms with van der Waals surface area (Å²) in [5.41, 5.74) is 3.88. The molecular formula is C33H30Cl2N2O3. The van der Waals surface area contributed by atoms with Crippen molar-refractivity contribution in [3.05, 3.63) is 107 Å². The van der Waals surface area contributed by atoms with E-state index in [1.807, 2.05) is 78.9 Å². The van der Waals surface area contributed by atoms with Crippen LogP contribution in [0.1, 0.15) is 59.9 Å². The predicted molar refractivity (Wildman–Crippen MR) is 154 cm³/mol. The minimum absolute atomic E-state index is 0.0398. The zero-order chi connectivity index (χ0) is 27.6. The molecule has 3 aromatic rings. The van der Waals surface area contributed by atoms with E-state index < -0.39 is 39.4 Å². The minimum atomic E-state index is -1.27. The summed E-state index contributed by atoms with van der Waals surface area (Å²) in [4.78, 5) is 41.6. The topological polar surface area (TPSA) is 66.5 Å². The number of carbonyl (C=O) groups excluding carboxylic acids is 3. The molecule has 2 bridgehead atoms. The van der Waals surface area contributed by atoms with Gasteiger partial charge in [0.2, 0.25) is 17.7 Å². The summed E-state index contributed by atoms with van der Waals surface area (Å²) in [6, 6.07) is 23.7. The van der Waals surface area contributed by atoms with Gasteiger partial charge in [-0.3, -0.25) is 19.3 Å². The van der Waals surface area contributed by atoms with Gasteiger partial charge in [0.15, 0.2) is 0 Å². The lowest BCUT2D eigenvalue weighted by Crippen LogP contribution is -2.57. The van der Waals surface area contributed by atoms with Crippen LogP contribution in [0.3, 0.4) is 0 Å². The quantitative estimate of drug-likeness (QED) is 0.318. The zero-order valence-corrected chi connectivity index (χ0v) is 23.5. The Hall–Kier alpha value is -3.15. The zero-order valence-electron chi connectivity index (χ0n) is 22.0. The monoisotopic (exact) mass is 572 g/mol. The van der Waals surface area contributed by atoms with Gasteiger partial charge in [-0.2, -0.15) is 0 Å². The van der Waals surface area contributed by atoms with Crippen LogP contribution in [-0.4, -0.2) is 34.7 Å². The molecule has 4 aliphatic carbocycles. The van der Waals surface area contributed by atoms with Gasteiger partial charge < -0.3 is 5.32 Å². The van der Waals surface area contributed by atoms with Gasteiger partial charge in [-0.25, -0.2) is 0 Å². The summed E-state index contributed by atoms with van der Waals surface area (Å²) in [7, 11) is 0. The first-order chi connectivity index (χ1) is 19.4. The Morgan fingerprint density at radius 3 is 1.68 bits per heavy atom. The highest BCUT2D eigenvalue weighted by Crippen LogP contribution is 2.69. The maximum Gasteiger partial charge on any atom is 0.243 e. The molecule has 3 aromatic carbocycles. The number of amides is 3. The summed E-state index contributed by atoms with van der Waals surface area (Å²) in [5.74, 6) is -3.02. The predicted octanol–water partition coefficient (Wildman–Crippen LogP) is 5.64. The third-order valence-corrected chi connectivity index (χ3v) is 10.7. The Labute approximate surface area is 243 Å². The van der Waals surface area contributed by atoms with Gasteiger partial charge in [-0.1, -0.05) is 98.1 Å². The molecule has 0 spiro atoms. The van der Waals surface area contributed by atoms with Gasteiger partial charge in [0.25, 0.3) is 0 Å². The highest BCUT2D eigenvalue weighted by atomic mass is 35.5. The van der Waals surface area contributed by atoms with Crippen molar-refractivity contribution in [1.82, 2.24) is 10.2 Å². The number of hydrogen-bond acceptors (Lipinski definition) is 3. The molecule has 1 saturated heterocycles. The van der Waals surface area contributed by atoms with Crippen molar-refractivity contribution in [3.8, 4) is 0 Å². The number of likely N-dealkylation sites (tertiary alicyclic amines) is 1. The van der Waals surface area contributed by atoms with Gasteiger partial charge in [0.1, 0.15) is 15.8 Å². The van der Waals surface area contributed by atoms with E-state index in [1.54, 1.807) is 0 Å². The molecule has 8 rings (SSSR count). The third kappa shape index (κ3) is 3.50. The van der Waals surface area contributed by atoms with Crippen LogP contribution in [0.15, 0.2) is 78.9 Å². The standard InChI is InChI=1S/C33H30Cl2N2O3/c34-32-22-15-7-8-16-23(22)33(35,25-18-10-9-17-24(25)32)28-27(32)30(39)37(31(28)40)26(19-20-11-3-1-4-12-20)29(38)36-21-13-5-2-6-14-21/h1,3-4,7-12,15-18,21,26-28H,2,5-6,13-14,19H2,(H,36,38)/t26-,27-,28-,32?,33?/m0/s1. The Balaban J connectivity index is 1.35. The lowest BCUT2D eigenvalue weighted by molar-refractivity contribution is -0.148. The summed E-state index contributed by atoms with van der Waals surface area (Å²) in [5, 5.41) is 3.18. The fourth-order valence-electron chi connectivity index (χ4n) is 7.68. The summed E-state index contributed by atoms with van der Waals surface area (Å²) in [6.45, 7) is 0. The molecule has 0 radical (unpaired) electrons. The van der Waals surface area contributed by atoms with Crippen LogP contribution in [0.2, 0.25) is 0 Å². The van der Waals surface area contributed by atoms with Crippen molar-refractivity contribution >= 4 is 40.9 Å². The first-order valence-corrected chi connectivity index (χ1v) is 14.9. The molecule has 1 heterocycles. The number of halogens is 2. The normalized spacial score (nSPS) is 29.5. The second-order valence-corrected chi connectivity index (χ2v) is 12.8. The lowest BCUT2D eigenvalue weighted by atomic mass is 9.54. The molecule has 1 N–H and O–H groups in total. The molecule has 3 amide bonds. The van der Waals surface area contributed by atoms with Crippen molar-refractivity contribution in [2.24, 2.45) is 11.8 Å². The van der Waals surface area contributed by atoms with Crippen LogP contribution < -0.4 is 5.32 Å². The average molecular weight is 574 g/mol. The first kappa shape index (κ1) is 25.8. The summed E-state index contributed by atoms with van der Waals surface area (Å²) >= 11 is 15.2. The van der Waals surface area contributed by atoms with E-state index in [0.29, 0.717) is 0 Å². The number of nitrogens with one attached hydrogen (secondary N) is 1. The Morgan fingerprint density at radius 2 is 1.20 bits per heavy atom. The van der Waals surface area contributed by atoms with E-state index >= 15 is 0 Å². The molecule has 5 aliphatic rings. The lowest BCUT2D eigenvalue weighted by Gasteiger charge is -2.54. The summed E-state index contributed by atoms with van der Waals surface area (Å²) < 4.78 is 0. The number of nitrogens with zero attached hydrogens (tertiary/aromatic N) is 1. The van der Waals surface area contributed by atoms with Crippen molar-refractivity contribution in [3.63, 3.8) is 0 Å². The largest absolute Gasteiger partial charge is 0.352 e. The van der Waals surface area contributed by atoms with E-state index in [1.165, 1.54) is 4.90 Å². The van der Waals surface area contributed by atoms with Gasteiger partial charge in [-0.05, 0) is 40.7 Å². The van der Waals surface area contributed by atoms with Gasteiger partial charge >= 0.3 is 0 Å². The molecule has 2 fully saturated rings.